The zero-order chi connectivity index (χ0) is 23.5. The minimum absolute atomic E-state index is 0.111. The lowest BCUT2D eigenvalue weighted by molar-refractivity contribution is -0.143. The number of carboxylic acids is 1. The van der Waals surface area contributed by atoms with Crippen molar-refractivity contribution in [3.63, 3.8) is 0 Å². The molecule has 11 nitrogen and oxygen atoms in total. The fourth-order valence-corrected chi connectivity index (χ4v) is 3.85. The lowest BCUT2D eigenvalue weighted by Crippen LogP contribution is -2.29. The minimum atomic E-state index is -0.757. The third kappa shape index (κ3) is 5.12. The first-order valence-electron chi connectivity index (χ1n) is 11.0. The quantitative estimate of drug-likeness (QED) is 0.537. The van der Waals surface area contributed by atoms with Crippen LogP contribution in [0.4, 0.5) is 0 Å². The zero-order valence-electron chi connectivity index (χ0n) is 19.2. The molecule has 33 heavy (non-hydrogen) atoms. The normalized spacial score (nSPS) is 18.5. The summed E-state index contributed by atoms with van der Waals surface area (Å²) in [6.07, 6.45) is 2.76. The van der Waals surface area contributed by atoms with Gasteiger partial charge >= 0.3 is 12.0 Å². The molecule has 4 rings (SSSR count). The number of ether oxygens (including phenoxy) is 2. The van der Waals surface area contributed by atoms with Crippen LogP contribution in [-0.2, 0) is 18.4 Å². The van der Waals surface area contributed by atoms with Gasteiger partial charge in [-0.1, -0.05) is 19.1 Å². The maximum Gasteiger partial charge on any atom is 0.354 e. The van der Waals surface area contributed by atoms with Crippen molar-refractivity contribution in [2.45, 2.75) is 65.1 Å². The van der Waals surface area contributed by atoms with Crippen LogP contribution in [-0.4, -0.2) is 47.3 Å². The van der Waals surface area contributed by atoms with Crippen molar-refractivity contribution in [2.24, 2.45) is 13.0 Å². The van der Waals surface area contributed by atoms with E-state index in [2.05, 4.69) is 25.4 Å². The summed E-state index contributed by atoms with van der Waals surface area (Å²) >= 11 is 0. The van der Waals surface area contributed by atoms with E-state index >= 15 is 0 Å². The van der Waals surface area contributed by atoms with Crippen molar-refractivity contribution >= 4 is 5.97 Å². The summed E-state index contributed by atoms with van der Waals surface area (Å²) in [6.45, 7) is 5.92. The van der Waals surface area contributed by atoms with Crippen LogP contribution in [0.25, 0.3) is 11.4 Å². The highest BCUT2D eigenvalue weighted by molar-refractivity contribution is 5.70. The largest absolute Gasteiger partial charge is 0.489 e. The molecule has 1 aliphatic carbocycles. The summed E-state index contributed by atoms with van der Waals surface area (Å²) in [7, 11) is 1.78. The third-order valence-corrected chi connectivity index (χ3v) is 5.75. The van der Waals surface area contributed by atoms with Gasteiger partial charge in [-0.15, -0.1) is 5.10 Å². The smallest absolute Gasteiger partial charge is 0.354 e. The zero-order valence-corrected chi connectivity index (χ0v) is 19.2. The Balaban J connectivity index is 1.47. The molecule has 0 radical (unpaired) electrons. The molecule has 3 heterocycles. The van der Waals surface area contributed by atoms with E-state index in [1.807, 2.05) is 32.9 Å². The van der Waals surface area contributed by atoms with Gasteiger partial charge in [0.15, 0.2) is 0 Å². The van der Waals surface area contributed by atoms with Crippen molar-refractivity contribution < 1.29 is 23.9 Å². The lowest BCUT2D eigenvalue weighted by atomic mass is 9.87. The summed E-state index contributed by atoms with van der Waals surface area (Å²) in [6, 6.07) is 3.82. The fraction of sp³-hybridized carbons (Fsp3) is 0.545. The summed E-state index contributed by atoms with van der Waals surface area (Å²) in [4.78, 5) is 20.2. The molecule has 0 amide bonds. The Hall–Kier alpha value is -3.50. The Bertz CT molecular complexity index is 1120. The van der Waals surface area contributed by atoms with Gasteiger partial charge in [-0.05, 0) is 49.9 Å². The molecule has 1 N–H and O–H groups in total. The van der Waals surface area contributed by atoms with E-state index in [0.717, 1.165) is 12.8 Å². The van der Waals surface area contributed by atoms with Gasteiger partial charge in [0.1, 0.15) is 23.7 Å². The molecule has 0 unspecified atom stereocenters. The molecule has 2 atom stereocenters. The van der Waals surface area contributed by atoms with Crippen LogP contribution < -0.4 is 9.47 Å². The first-order chi connectivity index (χ1) is 15.8. The molecule has 1 fully saturated rings. The van der Waals surface area contributed by atoms with Gasteiger partial charge < -0.3 is 19.1 Å². The maximum atomic E-state index is 11.3. The second-order valence-electron chi connectivity index (χ2n) is 8.59. The van der Waals surface area contributed by atoms with Crippen molar-refractivity contribution in [3.8, 4) is 23.1 Å². The number of aromatic nitrogens is 6. The molecular formula is C22H28N6O5. The van der Waals surface area contributed by atoms with Crippen LogP contribution in [0, 0.1) is 12.8 Å². The van der Waals surface area contributed by atoms with Crippen LogP contribution in [0.1, 0.15) is 62.7 Å². The van der Waals surface area contributed by atoms with Crippen molar-refractivity contribution in [3.05, 3.63) is 29.4 Å². The van der Waals surface area contributed by atoms with E-state index in [9.17, 15) is 9.90 Å². The predicted molar refractivity (Wildman–Crippen MR) is 116 cm³/mol. The average Bonchev–Trinajstić information content (AvgIpc) is 3.41. The predicted octanol–water partition coefficient (Wildman–Crippen LogP) is 3.29. The van der Waals surface area contributed by atoms with E-state index < -0.39 is 5.97 Å². The second-order valence-corrected chi connectivity index (χ2v) is 8.59. The Kier molecular flexibility index (Phi) is 6.57. The van der Waals surface area contributed by atoms with Crippen LogP contribution in [0.2, 0.25) is 0 Å². The SMILES string of the molecule is Cc1nc(-c2nnn(C)c2COc2noc(C(C)C)n2)ccc1O[C@H]1CCC[C@H](C(=O)O)C1. The van der Waals surface area contributed by atoms with Gasteiger partial charge in [-0.25, -0.2) is 9.67 Å². The van der Waals surface area contributed by atoms with Crippen LogP contribution in [0.15, 0.2) is 16.7 Å². The van der Waals surface area contributed by atoms with Crippen molar-refractivity contribution in [1.29, 1.82) is 0 Å². The molecule has 11 heteroatoms. The van der Waals surface area contributed by atoms with E-state index in [1.165, 1.54) is 0 Å². The number of aliphatic carboxylic acids is 1. The summed E-state index contributed by atoms with van der Waals surface area (Å²) in [5.74, 6) is 0.153. The molecule has 176 valence electrons. The molecule has 0 spiro atoms. The second kappa shape index (κ2) is 9.55. The first kappa shape index (κ1) is 22.7. The highest BCUT2D eigenvalue weighted by Gasteiger charge is 2.28. The number of carboxylic acid groups (broad SMARTS) is 1. The number of pyridine rings is 1. The van der Waals surface area contributed by atoms with Gasteiger partial charge in [0.05, 0.1) is 23.4 Å². The number of aryl methyl sites for hydroxylation is 2. The van der Waals surface area contributed by atoms with Crippen LogP contribution >= 0.6 is 0 Å². The molecule has 3 aromatic rings. The Morgan fingerprint density at radius 2 is 2.12 bits per heavy atom. The molecular weight excluding hydrogens is 428 g/mol. The topological polar surface area (TPSA) is 138 Å². The summed E-state index contributed by atoms with van der Waals surface area (Å²) in [5.41, 5.74) is 2.63. The number of carbonyl (C=O) groups is 1. The standard InChI is InChI=1S/C22H28N6O5/c1-12(2)20-24-22(26-33-20)31-11-17-19(25-27-28(17)4)16-8-9-18(13(3)23-16)32-15-7-5-6-14(10-15)21(29)30/h8-9,12,14-15H,5-7,10-11H2,1-4H3,(H,29,30)/t14-,15-/m0/s1. The van der Waals surface area contributed by atoms with Gasteiger partial charge in [-0.3, -0.25) is 4.79 Å². The van der Waals surface area contributed by atoms with Gasteiger partial charge in [-0.2, -0.15) is 4.98 Å². The van der Waals surface area contributed by atoms with E-state index in [1.54, 1.807) is 11.7 Å². The molecule has 3 aromatic heterocycles. The third-order valence-electron chi connectivity index (χ3n) is 5.75. The van der Waals surface area contributed by atoms with E-state index in [-0.39, 0.29) is 30.6 Å². The highest BCUT2D eigenvalue weighted by Crippen LogP contribution is 2.30. The highest BCUT2D eigenvalue weighted by atomic mass is 16.6. The maximum absolute atomic E-state index is 11.3. The Morgan fingerprint density at radius 1 is 1.30 bits per heavy atom. The number of rotatable bonds is 8. The molecule has 0 aliphatic heterocycles. The van der Waals surface area contributed by atoms with Crippen LogP contribution in [0.3, 0.4) is 0 Å². The number of hydrogen-bond donors (Lipinski definition) is 1. The average molecular weight is 457 g/mol. The molecule has 1 saturated carbocycles. The van der Waals surface area contributed by atoms with Crippen LogP contribution in [0.5, 0.6) is 11.8 Å². The van der Waals surface area contributed by atoms with E-state index in [4.69, 9.17) is 14.0 Å². The minimum Gasteiger partial charge on any atom is -0.489 e. The molecule has 0 aromatic carbocycles. The molecule has 0 saturated heterocycles. The van der Waals surface area contributed by atoms with Gasteiger partial charge in [0.2, 0.25) is 5.89 Å². The molecule has 1 aliphatic rings. The van der Waals surface area contributed by atoms with Crippen molar-refractivity contribution in [2.75, 3.05) is 0 Å². The number of nitrogens with zero attached hydrogens (tertiary/aromatic N) is 6. The Labute approximate surface area is 191 Å². The van der Waals surface area contributed by atoms with Crippen molar-refractivity contribution in [1.82, 2.24) is 30.1 Å². The first-order valence-corrected chi connectivity index (χ1v) is 11.0. The van der Waals surface area contributed by atoms with Gasteiger partial charge in [0.25, 0.3) is 0 Å². The monoisotopic (exact) mass is 456 g/mol. The fourth-order valence-electron chi connectivity index (χ4n) is 3.85. The molecule has 0 bridgehead atoms. The summed E-state index contributed by atoms with van der Waals surface area (Å²) in [5, 5.41) is 21.5. The number of hydrogen-bond acceptors (Lipinski definition) is 9. The Morgan fingerprint density at radius 3 is 2.82 bits per heavy atom. The lowest BCUT2D eigenvalue weighted by Gasteiger charge is -2.27. The summed E-state index contributed by atoms with van der Waals surface area (Å²) < 4.78 is 18.6. The van der Waals surface area contributed by atoms with Gasteiger partial charge in [0, 0.05) is 13.0 Å². The van der Waals surface area contributed by atoms with E-state index in [0.29, 0.717) is 47.3 Å².